The van der Waals surface area contributed by atoms with Crippen LogP contribution in [0.4, 0.5) is 5.69 Å². The molecule has 2 aromatic carbocycles. The molecule has 14 N–H and O–H groups in total. The zero-order chi connectivity index (χ0) is 46.6. The van der Waals surface area contributed by atoms with E-state index in [2.05, 4.69) is 54.8 Å². The lowest BCUT2D eigenvalue weighted by molar-refractivity contribution is -0.141. The molecule has 5 atom stereocenters. The van der Waals surface area contributed by atoms with Crippen LogP contribution in [0.5, 0.6) is 0 Å². The van der Waals surface area contributed by atoms with E-state index >= 15 is 0 Å². The largest absolute Gasteiger partial charge is 0.480 e. The molecule has 2 aromatic rings. The van der Waals surface area contributed by atoms with Gasteiger partial charge in [0, 0.05) is 60.6 Å². The van der Waals surface area contributed by atoms with Crippen molar-refractivity contribution in [2.24, 2.45) is 22.2 Å². The van der Waals surface area contributed by atoms with Gasteiger partial charge in [0.2, 0.25) is 35.4 Å². The second kappa shape index (κ2) is 25.4. The molecular weight excluding hydrogens is 839 g/mol. The number of aliphatic carboxylic acids is 1. The van der Waals surface area contributed by atoms with Crippen molar-refractivity contribution < 1.29 is 48.3 Å². The van der Waals surface area contributed by atoms with Gasteiger partial charge in [-0.3, -0.25) is 48.1 Å². The molecule has 0 spiro atoms. The van der Waals surface area contributed by atoms with Crippen molar-refractivity contribution in [1.82, 2.24) is 31.9 Å². The van der Waals surface area contributed by atoms with Crippen molar-refractivity contribution in [3.8, 4) is 0 Å². The smallest absolute Gasteiger partial charge is 0.325 e. The fraction of sp³-hybridized carbons (Fsp3) is 0.463. The number of anilines is 1. The van der Waals surface area contributed by atoms with E-state index in [1.165, 1.54) is 13.8 Å². The Labute approximate surface area is 369 Å². The topological polar surface area (TPSA) is 348 Å². The maximum Gasteiger partial charge on any atom is 0.325 e. The lowest BCUT2D eigenvalue weighted by atomic mass is 9.83. The van der Waals surface area contributed by atoms with Crippen LogP contribution in [0.25, 0.3) is 0 Å². The van der Waals surface area contributed by atoms with Crippen LogP contribution < -0.4 is 54.4 Å². The molecule has 0 bridgehead atoms. The normalized spacial score (nSPS) is 13.9. The van der Waals surface area contributed by atoms with Gasteiger partial charge in [-0.15, -0.1) is 0 Å². The van der Waals surface area contributed by atoms with Gasteiger partial charge in [0.1, 0.15) is 30.2 Å². The van der Waals surface area contributed by atoms with Crippen molar-refractivity contribution in [1.29, 1.82) is 0 Å². The summed E-state index contributed by atoms with van der Waals surface area (Å²) in [5.41, 5.74) is 18.0. The van der Waals surface area contributed by atoms with Crippen molar-refractivity contribution >= 4 is 77.3 Å². The predicted molar refractivity (Wildman–Crippen MR) is 236 cm³/mol. The van der Waals surface area contributed by atoms with E-state index < -0.39 is 71.6 Å². The fourth-order valence-corrected chi connectivity index (χ4v) is 6.59. The highest BCUT2D eigenvalue weighted by Crippen LogP contribution is 2.31. The van der Waals surface area contributed by atoms with Crippen molar-refractivity contribution in [2.75, 3.05) is 37.2 Å². The third-order valence-electron chi connectivity index (χ3n) is 9.77. The summed E-state index contributed by atoms with van der Waals surface area (Å²) in [5.74, 6) is -6.40. The number of thiol groups is 1. The summed E-state index contributed by atoms with van der Waals surface area (Å²) in [6.45, 7) is 3.40. The molecule has 342 valence electrons. The van der Waals surface area contributed by atoms with E-state index in [0.29, 0.717) is 36.2 Å². The van der Waals surface area contributed by atoms with E-state index in [1.54, 1.807) is 42.5 Å². The predicted octanol–water partition coefficient (Wildman–Crippen LogP) is -1.57. The number of benzene rings is 2. The first kappa shape index (κ1) is 50.8. The summed E-state index contributed by atoms with van der Waals surface area (Å²) in [6.07, 6.45) is 0.809. The Hall–Kier alpha value is -6.55. The number of nitrogens with two attached hydrogens (primary N) is 3. The van der Waals surface area contributed by atoms with Gasteiger partial charge in [-0.2, -0.15) is 12.6 Å². The molecule has 0 radical (unpaired) electrons. The summed E-state index contributed by atoms with van der Waals surface area (Å²) in [4.78, 5) is 120. The first-order valence-corrected chi connectivity index (χ1v) is 21.0. The summed E-state index contributed by atoms with van der Waals surface area (Å²) >= 11 is 4.19. The molecule has 0 aliphatic heterocycles. The van der Waals surface area contributed by atoms with Crippen LogP contribution >= 0.6 is 12.6 Å². The Morgan fingerprint density at radius 3 is 1.87 bits per heavy atom. The number of nitrogens with zero attached hydrogens (tertiary/aromatic N) is 1. The van der Waals surface area contributed by atoms with Gasteiger partial charge in [-0.1, -0.05) is 36.4 Å². The van der Waals surface area contributed by atoms with Crippen molar-refractivity contribution in [3.05, 3.63) is 64.7 Å². The molecule has 0 unspecified atom stereocenters. The van der Waals surface area contributed by atoms with Crippen LogP contribution in [0.2, 0.25) is 0 Å². The monoisotopic (exact) mass is 895 g/mol. The number of hydrogen-bond acceptors (Lipinski definition) is 13. The Morgan fingerprint density at radius 1 is 0.667 bits per heavy atom. The first-order chi connectivity index (χ1) is 30.0. The van der Waals surface area contributed by atoms with Crippen LogP contribution in [0.3, 0.4) is 0 Å². The summed E-state index contributed by atoms with van der Waals surface area (Å²) in [5, 5.41) is 27.4. The molecule has 0 aromatic heterocycles. The number of aliphatic imine (C=N–C) groups is 1. The van der Waals surface area contributed by atoms with Crippen molar-refractivity contribution in [2.45, 2.75) is 89.0 Å². The standard InChI is InChI=1S/C41H57N11O10S/c1-22(48-32(54)16-15-31(53)46-20-19-45-27-13-7-11-26-33(27)35(56)25-10-4-3-9-24(25)34(26)55)36(57)50-28(12-5-6-17-42)38(59)52-30(21-63)39(60)51-29(14-8-18-47-41(43)44)37(58)49-23(2)40(61)62/h3-4,7,9-11,13,22-23,28-30,45,63H,5-6,8,12,14-21,42H2,1-2H3,(H,46,53)(H,48,54)(H,49,58)(H,50,57)(H,51,60)(H,52,59)(H,61,62)(H4,43,44,47)/t22-,23-,28-,29-,30-/m0/s1. The van der Waals surface area contributed by atoms with Crippen LogP contribution in [0.1, 0.15) is 90.6 Å². The van der Waals surface area contributed by atoms with E-state index in [1.807, 2.05) is 0 Å². The minimum absolute atomic E-state index is 0.0128. The SMILES string of the molecule is C[C@H](NC(=O)[C@H](CCCN=C(N)N)NC(=O)[C@H](CS)NC(=O)[C@H](CCCCN)NC(=O)[C@H](C)NC(=O)CCC(=O)NCCNc1cccc2c1C(=O)c1ccccc1C2=O)C(=O)O. The van der Waals surface area contributed by atoms with Gasteiger partial charge in [0.05, 0.1) is 5.56 Å². The number of nitrogens with one attached hydrogen (secondary N) is 7. The molecule has 0 heterocycles. The third-order valence-corrected chi connectivity index (χ3v) is 10.1. The number of rotatable bonds is 26. The lowest BCUT2D eigenvalue weighted by Crippen LogP contribution is -2.59. The summed E-state index contributed by atoms with van der Waals surface area (Å²) in [7, 11) is 0. The minimum Gasteiger partial charge on any atom is -0.480 e. The molecule has 6 amide bonds. The maximum absolute atomic E-state index is 13.5. The van der Waals surface area contributed by atoms with Gasteiger partial charge in [0.25, 0.3) is 0 Å². The summed E-state index contributed by atoms with van der Waals surface area (Å²) < 4.78 is 0. The molecule has 3 rings (SSSR count). The number of ketones is 2. The van der Waals surface area contributed by atoms with Crippen LogP contribution in [-0.4, -0.2) is 126 Å². The Bertz CT molecular complexity index is 2040. The van der Waals surface area contributed by atoms with Gasteiger partial charge in [-0.25, -0.2) is 0 Å². The summed E-state index contributed by atoms with van der Waals surface area (Å²) in [6, 6.07) is 5.41. The number of fused-ring (bicyclic) bond motifs is 2. The van der Waals surface area contributed by atoms with Gasteiger partial charge in [0.15, 0.2) is 17.5 Å². The molecular formula is C41H57N11O10S. The van der Waals surface area contributed by atoms with Gasteiger partial charge < -0.3 is 59.5 Å². The highest BCUT2D eigenvalue weighted by Gasteiger charge is 2.32. The molecule has 22 heteroatoms. The fourth-order valence-electron chi connectivity index (χ4n) is 6.33. The number of hydrogen-bond donors (Lipinski definition) is 12. The number of carbonyl (C=O) groups excluding carboxylic acids is 8. The second-order valence-corrected chi connectivity index (χ2v) is 15.0. The average Bonchev–Trinajstić information content (AvgIpc) is 3.25. The number of unbranched alkanes of at least 4 members (excludes halogenated alkanes) is 1. The number of carboxylic acids is 1. The second-order valence-electron chi connectivity index (χ2n) is 14.7. The van der Waals surface area contributed by atoms with E-state index in [0.717, 1.165) is 0 Å². The Kier molecular flexibility index (Phi) is 20.5. The number of carbonyl (C=O) groups is 9. The van der Waals surface area contributed by atoms with Gasteiger partial charge in [-0.05, 0) is 58.6 Å². The minimum atomic E-state index is -1.30. The Balaban J connectivity index is 1.51. The molecule has 0 fully saturated rings. The molecule has 1 aliphatic carbocycles. The zero-order valence-corrected chi connectivity index (χ0v) is 36.1. The molecule has 0 saturated heterocycles. The van der Waals surface area contributed by atoms with E-state index in [4.69, 9.17) is 17.2 Å². The third kappa shape index (κ3) is 15.7. The molecule has 1 aliphatic rings. The van der Waals surface area contributed by atoms with Crippen molar-refractivity contribution in [3.63, 3.8) is 0 Å². The lowest BCUT2D eigenvalue weighted by Gasteiger charge is -2.25. The van der Waals surface area contributed by atoms with Crippen LogP contribution in [0, 0.1) is 0 Å². The molecule has 63 heavy (non-hydrogen) atoms. The van der Waals surface area contributed by atoms with Gasteiger partial charge >= 0.3 is 5.97 Å². The molecule has 0 saturated carbocycles. The van der Waals surface area contributed by atoms with Crippen LogP contribution in [-0.2, 0) is 33.6 Å². The Morgan fingerprint density at radius 2 is 1.24 bits per heavy atom. The quantitative estimate of drug-likeness (QED) is 0.0188. The van der Waals surface area contributed by atoms with E-state index in [9.17, 15) is 48.3 Å². The average molecular weight is 896 g/mol. The van der Waals surface area contributed by atoms with E-state index in [-0.39, 0.29) is 86.1 Å². The zero-order valence-electron chi connectivity index (χ0n) is 35.2. The number of guanidine groups is 1. The molecule has 21 nitrogen and oxygen atoms in total. The highest BCUT2D eigenvalue weighted by atomic mass is 32.1. The number of carboxylic acid groups (broad SMARTS) is 1. The number of amides is 6. The first-order valence-electron chi connectivity index (χ1n) is 20.4. The maximum atomic E-state index is 13.5. The highest BCUT2D eigenvalue weighted by molar-refractivity contribution is 7.80. The van der Waals surface area contributed by atoms with Crippen LogP contribution in [0.15, 0.2) is 47.5 Å².